The van der Waals surface area contributed by atoms with Crippen molar-refractivity contribution in [2.45, 2.75) is 38.9 Å². The summed E-state index contributed by atoms with van der Waals surface area (Å²) in [5.74, 6) is 0.649. The van der Waals surface area contributed by atoms with Gasteiger partial charge in [-0.1, -0.05) is 11.8 Å². The van der Waals surface area contributed by atoms with Gasteiger partial charge in [-0.15, -0.1) is 5.10 Å². The van der Waals surface area contributed by atoms with Crippen LogP contribution in [0.2, 0.25) is 0 Å². The lowest BCUT2D eigenvalue weighted by atomic mass is 10.2. The van der Waals surface area contributed by atoms with E-state index in [1.807, 2.05) is 19.9 Å². The molecule has 2 aromatic rings. The van der Waals surface area contributed by atoms with E-state index >= 15 is 0 Å². The summed E-state index contributed by atoms with van der Waals surface area (Å²) < 4.78 is 2.17. The van der Waals surface area contributed by atoms with Gasteiger partial charge in [0.15, 0.2) is 5.78 Å². The third-order valence-electron chi connectivity index (χ3n) is 3.12. The number of aryl methyl sites for hydroxylation is 1. The van der Waals surface area contributed by atoms with Crippen molar-refractivity contribution < 1.29 is 4.79 Å². The van der Waals surface area contributed by atoms with Gasteiger partial charge in [-0.2, -0.15) is 4.98 Å². The van der Waals surface area contributed by atoms with Gasteiger partial charge >= 0.3 is 0 Å². The second-order valence-electron chi connectivity index (χ2n) is 4.96. The Morgan fingerprint density at radius 3 is 2.70 bits per heavy atom. The number of nitrogens with two attached hydrogens (primary N) is 1. The van der Waals surface area contributed by atoms with E-state index < -0.39 is 0 Å². The van der Waals surface area contributed by atoms with Gasteiger partial charge in [-0.3, -0.25) is 4.79 Å². The summed E-state index contributed by atoms with van der Waals surface area (Å²) in [4.78, 5) is 16.3. The molecule has 0 fully saturated rings. The first-order chi connectivity index (χ1) is 9.40. The normalized spacial score (nSPS) is 11.2. The Bertz CT molecular complexity index is 629. The molecule has 2 heterocycles. The molecule has 0 aliphatic carbocycles. The van der Waals surface area contributed by atoms with Crippen molar-refractivity contribution in [1.29, 1.82) is 0 Å². The number of thioether (sulfide) groups is 1. The number of carbonyl (C=O) groups excluding carboxylic acids is 1. The SMILES string of the molecule is Cc1cc(C(=O)CSc2n[nH]c(N)n2)c(C)n1C(C)C. The standard InChI is InChI=1S/C13H19N5OS/c1-7(2)18-8(3)5-10(9(18)4)11(19)6-20-13-15-12(14)16-17-13/h5,7H,6H2,1-4H3,(H3,14,15,16,17). The van der Waals surface area contributed by atoms with Crippen LogP contribution in [0.25, 0.3) is 0 Å². The van der Waals surface area contributed by atoms with Crippen LogP contribution in [0.1, 0.15) is 41.6 Å². The van der Waals surface area contributed by atoms with Gasteiger partial charge < -0.3 is 10.3 Å². The fraction of sp³-hybridized carbons (Fsp3) is 0.462. The number of anilines is 1. The number of nitrogens with one attached hydrogen (secondary N) is 1. The van der Waals surface area contributed by atoms with E-state index in [1.54, 1.807) is 0 Å². The minimum atomic E-state index is 0.0818. The number of hydrogen-bond donors (Lipinski definition) is 2. The summed E-state index contributed by atoms with van der Waals surface area (Å²) in [5, 5.41) is 6.95. The van der Waals surface area contributed by atoms with Crippen molar-refractivity contribution in [2.75, 3.05) is 11.5 Å². The summed E-state index contributed by atoms with van der Waals surface area (Å²) in [5.41, 5.74) is 8.33. The quantitative estimate of drug-likeness (QED) is 0.652. The topological polar surface area (TPSA) is 89.6 Å². The van der Waals surface area contributed by atoms with Crippen LogP contribution in [0.3, 0.4) is 0 Å². The fourth-order valence-corrected chi connectivity index (χ4v) is 3.07. The zero-order chi connectivity index (χ0) is 14.9. The molecule has 2 aromatic heterocycles. The maximum Gasteiger partial charge on any atom is 0.216 e. The van der Waals surface area contributed by atoms with Gasteiger partial charge in [0.1, 0.15) is 0 Å². The molecule has 0 unspecified atom stereocenters. The Kier molecular flexibility index (Phi) is 4.17. The molecule has 108 valence electrons. The average molecular weight is 293 g/mol. The van der Waals surface area contributed by atoms with Gasteiger partial charge in [0.25, 0.3) is 0 Å². The van der Waals surface area contributed by atoms with E-state index in [9.17, 15) is 4.79 Å². The highest BCUT2D eigenvalue weighted by atomic mass is 32.2. The zero-order valence-electron chi connectivity index (χ0n) is 12.1. The van der Waals surface area contributed by atoms with Gasteiger partial charge in [0.2, 0.25) is 11.1 Å². The van der Waals surface area contributed by atoms with E-state index in [0.29, 0.717) is 17.0 Å². The lowest BCUT2D eigenvalue weighted by Gasteiger charge is -2.13. The van der Waals surface area contributed by atoms with Crippen molar-refractivity contribution >= 4 is 23.5 Å². The van der Waals surface area contributed by atoms with E-state index in [4.69, 9.17) is 5.73 Å². The van der Waals surface area contributed by atoms with Gasteiger partial charge in [0, 0.05) is 23.0 Å². The maximum atomic E-state index is 12.3. The van der Waals surface area contributed by atoms with Crippen molar-refractivity contribution in [3.8, 4) is 0 Å². The van der Waals surface area contributed by atoms with Crippen molar-refractivity contribution in [3.63, 3.8) is 0 Å². The Balaban J connectivity index is 2.12. The van der Waals surface area contributed by atoms with Crippen LogP contribution < -0.4 is 5.73 Å². The van der Waals surface area contributed by atoms with Gasteiger partial charge in [0.05, 0.1) is 5.75 Å². The van der Waals surface area contributed by atoms with Crippen LogP contribution in [0.15, 0.2) is 11.2 Å². The molecular weight excluding hydrogens is 274 g/mol. The number of aromatic nitrogens is 4. The molecule has 0 aliphatic rings. The highest BCUT2D eigenvalue weighted by molar-refractivity contribution is 7.99. The summed E-state index contributed by atoms with van der Waals surface area (Å²) in [6, 6.07) is 2.29. The summed E-state index contributed by atoms with van der Waals surface area (Å²) >= 11 is 1.28. The molecule has 0 saturated carbocycles. The Labute approximate surface area is 122 Å². The van der Waals surface area contributed by atoms with Crippen LogP contribution in [0, 0.1) is 13.8 Å². The minimum Gasteiger partial charge on any atom is -0.368 e. The Morgan fingerprint density at radius 1 is 1.50 bits per heavy atom. The molecule has 0 radical (unpaired) electrons. The number of rotatable bonds is 5. The second-order valence-corrected chi connectivity index (χ2v) is 5.91. The van der Waals surface area contributed by atoms with E-state index in [-0.39, 0.29) is 11.7 Å². The molecule has 0 atom stereocenters. The highest BCUT2D eigenvalue weighted by Crippen LogP contribution is 2.22. The summed E-state index contributed by atoms with van der Waals surface area (Å²) in [6.45, 7) is 8.22. The van der Waals surface area contributed by atoms with Crippen molar-refractivity contribution in [1.82, 2.24) is 19.7 Å². The molecular formula is C13H19N5OS. The van der Waals surface area contributed by atoms with Crippen molar-refractivity contribution in [3.05, 3.63) is 23.0 Å². The van der Waals surface area contributed by atoms with Crippen LogP contribution in [0.4, 0.5) is 5.95 Å². The third kappa shape index (κ3) is 2.87. The number of hydrogen-bond acceptors (Lipinski definition) is 5. The number of ketones is 1. The Morgan fingerprint density at radius 2 is 2.20 bits per heavy atom. The molecule has 0 saturated heterocycles. The number of aromatic amines is 1. The first-order valence-electron chi connectivity index (χ1n) is 6.42. The molecule has 0 amide bonds. The van der Waals surface area contributed by atoms with E-state index in [0.717, 1.165) is 17.0 Å². The van der Waals surface area contributed by atoms with Crippen molar-refractivity contribution in [2.24, 2.45) is 0 Å². The van der Waals surface area contributed by atoms with E-state index in [1.165, 1.54) is 11.8 Å². The van der Waals surface area contributed by atoms with Gasteiger partial charge in [-0.25, -0.2) is 5.10 Å². The monoisotopic (exact) mass is 293 g/mol. The Hall–Kier alpha value is -1.76. The first kappa shape index (κ1) is 14.6. The van der Waals surface area contributed by atoms with Gasteiger partial charge in [-0.05, 0) is 33.8 Å². The number of H-pyrrole nitrogens is 1. The molecule has 0 aromatic carbocycles. The zero-order valence-corrected chi connectivity index (χ0v) is 12.9. The predicted molar refractivity (Wildman–Crippen MR) is 80.1 cm³/mol. The fourth-order valence-electron chi connectivity index (χ4n) is 2.38. The molecule has 0 aliphatic heterocycles. The molecule has 2 rings (SSSR count). The lowest BCUT2D eigenvalue weighted by molar-refractivity contribution is 0.102. The maximum absolute atomic E-state index is 12.3. The van der Waals surface area contributed by atoms with Crippen LogP contribution in [-0.4, -0.2) is 31.3 Å². The van der Waals surface area contributed by atoms with E-state index in [2.05, 4.69) is 33.6 Å². The second kappa shape index (κ2) is 5.70. The molecule has 7 heteroatoms. The predicted octanol–water partition coefficient (Wildman–Crippen LogP) is 2.36. The lowest BCUT2D eigenvalue weighted by Crippen LogP contribution is -2.08. The molecule has 3 N–H and O–H groups in total. The molecule has 0 bridgehead atoms. The summed E-state index contributed by atoms with van der Waals surface area (Å²) in [7, 11) is 0. The molecule has 20 heavy (non-hydrogen) atoms. The smallest absolute Gasteiger partial charge is 0.216 e. The number of nitrogens with zero attached hydrogens (tertiary/aromatic N) is 3. The number of carbonyl (C=O) groups is 1. The molecule has 0 spiro atoms. The average Bonchev–Trinajstić information content (AvgIpc) is 2.90. The molecule has 6 nitrogen and oxygen atoms in total. The minimum absolute atomic E-state index is 0.0818. The summed E-state index contributed by atoms with van der Waals surface area (Å²) in [6.07, 6.45) is 0. The number of nitrogen functional groups attached to an aromatic ring is 1. The largest absolute Gasteiger partial charge is 0.368 e. The first-order valence-corrected chi connectivity index (χ1v) is 7.41. The van der Waals surface area contributed by atoms with Crippen LogP contribution in [-0.2, 0) is 0 Å². The highest BCUT2D eigenvalue weighted by Gasteiger charge is 2.17. The van der Waals surface area contributed by atoms with Crippen LogP contribution in [0.5, 0.6) is 0 Å². The van der Waals surface area contributed by atoms with Crippen LogP contribution >= 0.6 is 11.8 Å². The number of Topliss-reactive ketones (excluding diaryl/α,β-unsaturated/α-hetero) is 1. The third-order valence-corrected chi connectivity index (χ3v) is 3.96.